The van der Waals surface area contributed by atoms with Crippen LogP contribution in [0.25, 0.3) is 21.3 Å². The summed E-state index contributed by atoms with van der Waals surface area (Å²) in [7, 11) is 0. The Kier molecular flexibility index (Phi) is 3.78. The first-order valence-corrected chi connectivity index (χ1v) is 8.70. The summed E-state index contributed by atoms with van der Waals surface area (Å²) in [5.74, 6) is -0.00779. The third-order valence-corrected chi connectivity index (χ3v) is 5.40. The van der Waals surface area contributed by atoms with Crippen LogP contribution in [0.15, 0.2) is 36.7 Å². The molecule has 0 aliphatic heterocycles. The first-order chi connectivity index (χ1) is 11.7. The number of amides is 1. The Morgan fingerprint density at radius 2 is 2.29 bits per heavy atom. The molecule has 122 valence electrons. The van der Waals surface area contributed by atoms with Crippen molar-refractivity contribution in [3.63, 3.8) is 0 Å². The summed E-state index contributed by atoms with van der Waals surface area (Å²) in [4.78, 5) is 20.8. The molecule has 0 radical (unpaired) electrons. The number of aliphatic hydroxyl groups is 1. The molecular weight excluding hydrogens is 322 g/mol. The van der Waals surface area contributed by atoms with Crippen LogP contribution >= 0.6 is 11.3 Å². The SMILES string of the molecule is Cc1ccncc1-c1ccc2nc(NC(=O)C3CC3CO)sc2c1. The van der Waals surface area contributed by atoms with E-state index in [1.807, 2.05) is 24.4 Å². The molecule has 2 aromatic heterocycles. The van der Waals surface area contributed by atoms with Crippen molar-refractivity contribution in [3.05, 3.63) is 42.2 Å². The van der Waals surface area contributed by atoms with Gasteiger partial charge < -0.3 is 10.4 Å². The second-order valence-corrected chi connectivity index (χ2v) is 7.20. The van der Waals surface area contributed by atoms with Gasteiger partial charge in [0, 0.05) is 30.5 Å². The average molecular weight is 339 g/mol. The Balaban J connectivity index is 1.60. The van der Waals surface area contributed by atoms with Gasteiger partial charge in [-0.15, -0.1) is 0 Å². The maximum Gasteiger partial charge on any atom is 0.229 e. The first kappa shape index (κ1) is 15.2. The predicted octanol–water partition coefficient (Wildman–Crippen LogP) is 3.23. The van der Waals surface area contributed by atoms with Gasteiger partial charge in [0.1, 0.15) is 0 Å². The normalized spacial score (nSPS) is 19.4. The number of benzene rings is 1. The van der Waals surface area contributed by atoms with Crippen molar-refractivity contribution in [1.82, 2.24) is 9.97 Å². The zero-order chi connectivity index (χ0) is 16.7. The highest BCUT2D eigenvalue weighted by Gasteiger charge is 2.42. The largest absolute Gasteiger partial charge is 0.396 e. The summed E-state index contributed by atoms with van der Waals surface area (Å²) in [6, 6.07) is 8.07. The van der Waals surface area contributed by atoms with Crippen molar-refractivity contribution in [2.24, 2.45) is 11.8 Å². The van der Waals surface area contributed by atoms with Gasteiger partial charge in [-0.25, -0.2) is 4.98 Å². The number of pyridine rings is 1. The van der Waals surface area contributed by atoms with Crippen LogP contribution in [0.1, 0.15) is 12.0 Å². The summed E-state index contributed by atoms with van der Waals surface area (Å²) in [6.45, 7) is 2.14. The lowest BCUT2D eigenvalue weighted by atomic mass is 10.0. The van der Waals surface area contributed by atoms with Crippen molar-refractivity contribution in [3.8, 4) is 11.1 Å². The number of rotatable bonds is 4. The minimum absolute atomic E-state index is 0.0450. The van der Waals surface area contributed by atoms with E-state index >= 15 is 0 Å². The fourth-order valence-corrected chi connectivity index (χ4v) is 3.79. The topological polar surface area (TPSA) is 75.1 Å². The molecule has 1 aliphatic carbocycles. The van der Waals surface area contributed by atoms with Crippen molar-refractivity contribution in [2.45, 2.75) is 13.3 Å². The minimum Gasteiger partial charge on any atom is -0.396 e. The summed E-state index contributed by atoms with van der Waals surface area (Å²) in [5, 5.41) is 12.6. The lowest BCUT2D eigenvalue weighted by molar-refractivity contribution is -0.117. The standard InChI is InChI=1S/C18H17N3O2S/c1-10-4-5-19-8-14(10)11-2-3-15-16(7-11)24-18(20-15)21-17(23)13-6-12(13)9-22/h2-5,7-8,12-13,22H,6,9H2,1H3,(H,20,21,23). The van der Waals surface area contributed by atoms with Crippen LogP contribution in [0.2, 0.25) is 0 Å². The second-order valence-electron chi connectivity index (χ2n) is 6.17. The number of nitrogens with zero attached hydrogens (tertiary/aromatic N) is 2. The summed E-state index contributed by atoms with van der Waals surface area (Å²) in [5.41, 5.74) is 4.24. The van der Waals surface area contributed by atoms with Gasteiger partial charge in [0.15, 0.2) is 5.13 Å². The van der Waals surface area contributed by atoms with Crippen molar-refractivity contribution < 1.29 is 9.90 Å². The van der Waals surface area contributed by atoms with Gasteiger partial charge in [-0.3, -0.25) is 9.78 Å². The average Bonchev–Trinajstić information content (AvgIpc) is 3.27. The van der Waals surface area contributed by atoms with Gasteiger partial charge in [0.25, 0.3) is 0 Å². The zero-order valence-corrected chi connectivity index (χ0v) is 14.0. The fraction of sp³-hybridized carbons (Fsp3) is 0.278. The van der Waals surface area contributed by atoms with Crippen LogP contribution in [0.4, 0.5) is 5.13 Å². The van der Waals surface area contributed by atoms with E-state index in [9.17, 15) is 4.79 Å². The lowest BCUT2D eigenvalue weighted by Gasteiger charge is -2.04. The number of hydrogen-bond acceptors (Lipinski definition) is 5. The van der Waals surface area contributed by atoms with E-state index in [1.165, 1.54) is 16.9 Å². The van der Waals surface area contributed by atoms with Gasteiger partial charge in [-0.1, -0.05) is 17.4 Å². The molecule has 1 saturated carbocycles. The van der Waals surface area contributed by atoms with Crippen LogP contribution in [-0.4, -0.2) is 27.6 Å². The number of hydrogen-bond donors (Lipinski definition) is 2. The summed E-state index contributed by atoms with van der Waals surface area (Å²) in [6.07, 6.45) is 4.41. The maximum absolute atomic E-state index is 12.1. The molecule has 6 heteroatoms. The number of carbonyl (C=O) groups excluding carboxylic acids is 1. The molecule has 2 unspecified atom stereocenters. The molecule has 0 saturated heterocycles. The minimum atomic E-state index is -0.0735. The van der Waals surface area contributed by atoms with Gasteiger partial charge >= 0.3 is 0 Å². The molecular formula is C18H17N3O2S. The number of anilines is 1. The van der Waals surface area contributed by atoms with Crippen LogP contribution in [0.5, 0.6) is 0 Å². The van der Waals surface area contributed by atoms with Crippen LogP contribution < -0.4 is 5.32 Å². The van der Waals surface area contributed by atoms with E-state index in [0.717, 1.165) is 27.8 Å². The third-order valence-electron chi connectivity index (χ3n) is 4.46. The number of fused-ring (bicyclic) bond motifs is 1. The number of aryl methyl sites for hydroxylation is 1. The Bertz CT molecular complexity index is 922. The number of nitrogens with one attached hydrogen (secondary N) is 1. The highest BCUT2D eigenvalue weighted by Crippen LogP contribution is 2.39. The second kappa shape index (κ2) is 5.96. The van der Waals surface area contributed by atoms with E-state index in [1.54, 1.807) is 6.20 Å². The molecule has 1 fully saturated rings. The number of aliphatic hydroxyl groups excluding tert-OH is 1. The molecule has 2 heterocycles. The van der Waals surface area contributed by atoms with Gasteiger partial charge in [0.2, 0.25) is 5.91 Å². The molecule has 3 aromatic rings. The molecule has 24 heavy (non-hydrogen) atoms. The van der Waals surface area contributed by atoms with E-state index in [2.05, 4.69) is 28.3 Å². The summed E-state index contributed by atoms with van der Waals surface area (Å²) >= 11 is 1.47. The van der Waals surface area contributed by atoms with Crippen LogP contribution in [0, 0.1) is 18.8 Å². The molecule has 0 bridgehead atoms. The van der Waals surface area contributed by atoms with Gasteiger partial charge in [-0.2, -0.15) is 0 Å². The number of thiazole rings is 1. The van der Waals surface area contributed by atoms with E-state index in [-0.39, 0.29) is 24.3 Å². The van der Waals surface area contributed by atoms with E-state index in [0.29, 0.717) is 5.13 Å². The lowest BCUT2D eigenvalue weighted by Crippen LogP contribution is -2.15. The van der Waals surface area contributed by atoms with Gasteiger partial charge in [0.05, 0.1) is 10.2 Å². The molecule has 1 aliphatic rings. The Labute approximate surface area is 143 Å². The van der Waals surface area contributed by atoms with Crippen molar-refractivity contribution in [1.29, 1.82) is 0 Å². The van der Waals surface area contributed by atoms with Crippen LogP contribution in [0.3, 0.4) is 0 Å². The zero-order valence-electron chi connectivity index (χ0n) is 13.2. The molecule has 4 rings (SSSR count). The fourth-order valence-electron chi connectivity index (χ4n) is 2.88. The molecule has 2 atom stereocenters. The highest BCUT2D eigenvalue weighted by molar-refractivity contribution is 7.22. The third kappa shape index (κ3) is 2.79. The van der Waals surface area contributed by atoms with Crippen molar-refractivity contribution in [2.75, 3.05) is 11.9 Å². The molecule has 1 amide bonds. The highest BCUT2D eigenvalue weighted by atomic mass is 32.1. The Morgan fingerprint density at radius 3 is 3.04 bits per heavy atom. The van der Waals surface area contributed by atoms with E-state index in [4.69, 9.17) is 5.11 Å². The van der Waals surface area contributed by atoms with Crippen LogP contribution in [-0.2, 0) is 4.79 Å². The van der Waals surface area contributed by atoms with E-state index < -0.39 is 0 Å². The maximum atomic E-state index is 12.1. The molecule has 2 N–H and O–H groups in total. The number of carbonyl (C=O) groups is 1. The smallest absolute Gasteiger partial charge is 0.229 e. The number of aromatic nitrogens is 2. The van der Waals surface area contributed by atoms with Crippen molar-refractivity contribution >= 4 is 32.6 Å². The molecule has 0 spiro atoms. The molecule has 1 aromatic carbocycles. The first-order valence-electron chi connectivity index (χ1n) is 7.89. The Morgan fingerprint density at radius 1 is 1.42 bits per heavy atom. The molecule has 5 nitrogen and oxygen atoms in total. The Hall–Kier alpha value is -2.31. The van der Waals surface area contributed by atoms with Gasteiger partial charge in [-0.05, 0) is 48.6 Å². The summed E-state index contributed by atoms with van der Waals surface area (Å²) < 4.78 is 1.03. The quantitative estimate of drug-likeness (QED) is 0.765. The predicted molar refractivity (Wildman–Crippen MR) is 94.9 cm³/mol. The monoisotopic (exact) mass is 339 g/mol.